The van der Waals surface area contributed by atoms with Gasteiger partial charge < -0.3 is 0 Å². The first-order valence-electron chi connectivity index (χ1n) is 5.25. The number of aryl methyl sites for hydroxylation is 1. The fraction of sp³-hybridized carbons (Fsp3) is 0.0714. The molecule has 0 aliphatic heterocycles. The zero-order valence-electron chi connectivity index (χ0n) is 9.51. The lowest BCUT2D eigenvalue weighted by molar-refractivity contribution is 0.103. The molecule has 0 bridgehead atoms. The van der Waals surface area contributed by atoms with Crippen LogP contribution in [0.15, 0.2) is 36.4 Å². The van der Waals surface area contributed by atoms with Gasteiger partial charge in [-0.15, -0.1) is 0 Å². The van der Waals surface area contributed by atoms with E-state index in [0.29, 0.717) is 21.2 Å². The molecule has 92 valence electrons. The number of benzene rings is 2. The molecule has 0 saturated heterocycles. The largest absolute Gasteiger partial charge is 0.288 e. The van der Waals surface area contributed by atoms with Gasteiger partial charge in [0.1, 0.15) is 0 Å². The molecule has 4 heteroatoms. The Balaban J connectivity index is 2.49. The zero-order valence-corrected chi connectivity index (χ0v) is 13.2. The number of rotatable bonds is 2. The first kappa shape index (κ1) is 13.8. The van der Waals surface area contributed by atoms with Gasteiger partial charge in [0.15, 0.2) is 5.78 Å². The summed E-state index contributed by atoms with van der Waals surface area (Å²) in [6, 6.07) is 10.8. The van der Waals surface area contributed by atoms with Gasteiger partial charge in [-0.25, -0.2) is 0 Å². The molecule has 1 nitrogen and oxygen atoms in total. The molecule has 0 N–H and O–H groups in total. The predicted molar refractivity (Wildman–Crippen MR) is 83.8 cm³/mol. The number of hydrogen-bond acceptors (Lipinski definition) is 1. The van der Waals surface area contributed by atoms with E-state index >= 15 is 0 Å². The summed E-state index contributed by atoms with van der Waals surface area (Å²) in [4.78, 5) is 12.3. The minimum absolute atomic E-state index is 0.151. The van der Waals surface area contributed by atoms with Gasteiger partial charge in [0.25, 0.3) is 0 Å². The van der Waals surface area contributed by atoms with Gasteiger partial charge in [-0.1, -0.05) is 23.2 Å². The third-order valence-corrected chi connectivity index (χ3v) is 3.84. The predicted octanol–water partition coefficient (Wildman–Crippen LogP) is 5.14. The molecular formula is C14H9Cl2IO. The summed E-state index contributed by atoms with van der Waals surface area (Å²) in [6.07, 6.45) is 0. The average Bonchev–Trinajstić information content (AvgIpc) is 2.28. The third kappa shape index (κ3) is 2.87. The van der Waals surface area contributed by atoms with Crippen molar-refractivity contribution in [1.29, 1.82) is 0 Å². The van der Waals surface area contributed by atoms with E-state index in [-0.39, 0.29) is 5.78 Å². The van der Waals surface area contributed by atoms with Crippen LogP contribution < -0.4 is 0 Å². The van der Waals surface area contributed by atoms with Gasteiger partial charge in [0.05, 0.1) is 15.6 Å². The minimum Gasteiger partial charge on any atom is -0.288 e. The van der Waals surface area contributed by atoms with Crippen LogP contribution in [0.2, 0.25) is 10.0 Å². The minimum atomic E-state index is -0.151. The van der Waals surface area contributed by atoms with E-state index in [1.807, 2.05) is 19.1 Å². The molecular weight excluding hydrogens is 382 g/mol. The molecule has 0 radical (unpaired) electrons. The van der Waals surface area contributed by atoms with Crippen LogP contribution in [0.4, 0.5) is 0 Å². The van der Waals surface area contributed by atoms with Crippen molar-refractivity contribution < 1.29 is 4.79 Å². The molecule has 0 atom stereocenters. The Morgan fingerprint density at radius 2 is 1.56 bits per heavy atom. The van der Waals surface area contributed by atoms with Gasteiger partial charge in [0, 0.05) is 9.13 Å². The zero-order chi connectivity index (χ0) is 13.3. The fourth-order valence-electron chi connectivity index (χ4n) is 1.66. The van der Waals surface area contributed by atoms with Gasteiger partial charge in [0.2, 0.25) is 0 Å². The van der Waals surface area contributed by atoms with Crippen molar-refractivity contribution in [3.63, 3.8) is 0 Å². The highest BCUT2D eigenvalue weighted by Crippen LogP contribution is 2.28. The quantitative estimate of drug-likeness (QED) is 0.512. The van der Waals surface area contributed by atoms with Crippen molar-refractivity contribution >= 4 is 51.6 Å². The first-order chi connectivity index (χ1) is 8.49. The van der Waals surface area contributed by atoms with Crippen molar-refractivity contribution in [3.8, 4) is 0 Å². The van der Waals surface area contributed by atoms with Gasteiger partial charge in [-0.05, 0) is 71.5 Å². The summed E-state index contributed by atoms with van der Waals surface area (Å²) in [6.45, 7) is 1.89. The second kappa shape index (κ2) is 5.59. The van der Waals surface area contributed by atoms with Crippen molar-refractivity contribution in [3.05, 3.63) is 66.7 Å². The van der Waals surface area contributed by atoms with Crippen LogP contribution >= 0.6 is 45.8 Å². The van der Waals surface area contributed by atoms with Crippen molar-refractivity contribution in [2.24, 2.45) is 0 Å². The molecule has 0 unspecified atom stereocenters. The van der Waals surface area contributed by atoms with Crippen molar-refractivity contribution in [2.45, 2.75) is 6.92 Å². The lowest BCUT2D eigenvalue weighted by atomic mass is 10.0. The number of ketones is 1. The highest BCUT2D eigenvalue weighted by atomic mass is 127. The molecule has 18 heavy (non-hydrogen) atoms. The molecule has 2 aromatic carbocycles. The molecule has 0 heterocycles. The van der Waals surface area contributed by atoms with Gasteiger partial charge >= 0.3 is 0 Å². The standard InChI is InChI=1S/C14H9Cl2IO/c1-8-6-11(15)13(12(16)7-8)14(18)9-2-4-10(17)5-3-9/h2-7H,1H3. The Kier molecular flexibility index (Phi) is 4.30. The SMILES string of the molecule is Cc1cc(Cl)c(C(=O)c2ccc(I)cc2)c(Cl)c1. The molecule has 2 aromatic rings. The Labute approximate surface area is 129 Å². The number of halogens is 3. The van der Waals surface area contributed by atoms with Crippen LogP contribution in [-0.2, 0) is 0 Å². The number of carbonyl (C=O) groups excluding carboxylic acids is 1. The second-order valence-corrected chi connectivity index (χ2v) is 6.00. The molecule has 2 rings (SSSR count). The third-order valence-electron chi connectivity index (χ3n) is 2.52. The lowest BCUT2D eigenvalue weighted by Crippen LogP contribution is -2.03. The first-order valence-corrected chi connectivity index (χ1v) is 7.08. The summed E-state index contributed by atoms with van der Waals surface area (Å²) in [5.74, 6) is -0.151. The van der Waals surface area contributed by atoms with Crippen LogP contribution in [-0.4, -0.2) is 5.78 Å². The molecule has 0 aliphatic rings. The van der Waals surface area contributed by atoms with E-state index in [2.05, 4.69) is 22.6 Å². The average molecular weight is 391 g/mol. The lowest BCUT2D eigenvalue weighted by Gasteiger charge is -2.07. The van der Waals surface area contributed by atoms with E-state index in [1.54, 1.807) is 24.3 Å². The maximum Gasteiger partial charge on any atom is 0.196 e. The summed E-state index contributed by atoms with van der Waals surface area (Å²) < 4.78 is 1.07. The van der Waals surface area contributed by atoms with Gasteiger partial charge in [-0.2, -0.15) is 0 Å². The topological polar surface area (TPSA) is 17.1 Å². The molecule has 0 aromatic heterocycles. The van der Waals surface area contributed by atoms with Crippen LogP contribution in [0.3, 0.4) is 0 Å². The van der Waals surface area contributed by atoms with E-state index < -0.39 is 0 Å². The normalized spacial score (nSPS) is 10.4. The highest BCUT2D eigenvalue weighted by Gasteiger charge is 2.17. The van der Waals surface area contributed by atoms with Crippen LogP contribution in [0.1, 0.15) is 21.5 Å². The Morgan fingerprint density at radius 1 is 1.06 bits per heavy atom. The Hall–Kier alpha value is -0.580. The van der Waals surface area contributed by atoms with Crippen LogP contribution in [0.5, 0.6) is 0 Å². The maximum atomic E-state index is 12.3. The highest BCUT2D eigenvalue weighted by molar-refractivity contribution is 14.1. The Bertz CT molecular complexity index is 583. The molecule has 0 aliphatic carbocycles. The van der Waals surface area contributed by atoms with Crippen molar-refractivity contribution in [1.82, 2.24) is 0 Å². The van der Waals surface area contributed by atoms with E-state index in [4.69, 9.17) is 23.2 Å². The molecule has 0 amide bonds. The monoisotopic (exact) mass is 390 g/mol. The summed E-state index contributed by atoms with van der Waals surface area (Å²) in [7, 11) is 0. The fourth-order valence-corrected chi connectivity index (χ4v) is 2.79. The Morgan fingerprint density at radius 3 is 2.06 bits per heavy atom. The summed E-state index contributed by atoms with van der Waals surface area (Å²) >= 11 is 14.4. The maximum absolute atomic E-state index is 12.3. The number of carbonyl (C=O) groups is 1. The summed E-state index contributed by atoms with van der Waals surface area (Å²) in [5.41, 5.74) is 1.89. The molecule has 0 saturated carbocycles. The second-order valence-electron chi connectivity index (χ2n) is 3.94. The van der Waals surface area contributed by atoms with Crippen molar-refractivity contribution in [2.75, 3.05) is 0 Å². The van der Waals surface area contributed by atoms with E-state index in [0.717, 1.165) is 9.13 Å². The van der Waals surface area contributed by atoms with Crippen LogP contribution in [0.25, 0.3) is 0 Å². The van der Waals surface area contributed by atoms with E-state index in [1.165, 1.54) is 0 Å². The van der Waals surface area contributed by atoms with Crippen LogP contribution in [0, 0.1) is 10.5 Å². The molecule has 0 spiro atoms. The van der Waals surface area contributed by atoms with E-state index in [9.17, 15) is 4.79 Å². The smallest absolute Gasteiger partial charge is 0.196 e. The summed E-state index contributed by atoms with van der Waals surface area (Å²) in [5, 5.41) is 0.784. The molecule has 0 fully saturated rings. The number of hydrogen-bond donors (Lipinski definition) is 0. The van der Waals surface area contributed by atoms with Gasteiger partial charge in [-0.3, -0.25) is 4.79 Å².